The molecule has 0 atom stereocenters. The maximum absolute atomic E-state index is 5.84. The van der Waals surface area contributed by atoms with Crippen LogP contribution in [-0.2, 0) is 6.54 Å². The first-order chi connectivity index (χ1) is 9.79. The summed E-state index contributed by atoms with van der Waals surface area (Å²) in [7, 11) is 0. The first kappa shape index (κ1) is 11.1. The molecule has 1 aliphatic heterocycles. The molecule has 2 aromatic heterocycles. The number of rotatable bonds is 2. The molecule has 4 rings (SSSR count). The minimum Gasteiger partial charge on any atom is -0.454 e. The lowest BCUT2D eigenvalue weighted by Gasteiger charge is -2.04. The molecule has 0 fully saturated rings. The van der Waals surface area contributed by atoms with Crippen LogP contribution in [0.5, 0.6) is 11.5 Å². The molecule has 3 heterocycles. The van der Waals surface area contributed by atoms with Crippen LogP contribution in [0.3, 0.4) is 0 Å². The quantitative estimate of drug-likeness (QED) is 0.767. The van der Waals surface area contributed by atoms with Crippen LogP contribution in [0.4, 0.5) is 5.82 Å². The predicted octanol–water partition coefficient (Wildman–Crippen LogP) is 1.79. The number of hydrogen-bond donors (Lipinski definition) is 1. The summed E-state index contributed by atoms with van der Waals surface area (Å²) in [5.41, 5.74) is 7.81. The van der Waals surface area contributed by atoms with Crippen molar-refractivity contribution in [1.29, 1.82) is 0 Å². The van der Waals surface area contributed by atoms with E-state index in [2.05, 4.69) is 9.97 Å². The number of hydrogen-bond acceptors (Lipinski definition) is 5. The van der Waals surface area contributed by atoms with Gasteiger partial charge in [-0.25, -0.2) is 9.97 Å². The fourth-order valence-electron chi connectivity index (χ4n) is 2.36. The topological polar surface area (TPSA) is 75.2 Å². The molecule has 1 aromatic carbocycles. The smallest absolute Gasteiger partial charge is 0.231 e. The van der Waals surface area contributed by atoms with Crippen LogP contribution >= 0.6 is 0 Å². The summed E-state index contributed by atoms with van der Waals surface area (Å²) in [5, 5.41) is 0.869. The number of benzene rings is 1. The molecule has 6 nitrogen and oxygen atoms in total. The molecule has 20 heavy (non-hydrogen) atoms. The van der Waals surface area contributed by atoms with Crippen molar-refractivity contribution >= 4 is 16.7 Å². The second kappa shape index (κ2) is 4.12. The minimum absolute atomic E-state index is 0.290. The molecule has 0 aliphatic carbocycles. The standard InChI is InChI=1S/C14H12N4O2/c15-14-10-5-18(6-11(10)16-7-17-14)4-9-1-2-12-13(3-9)20-8-19-12/h1-3,5-7H,4,8H2,(H2,15,16,17). The summed E-state index contributed by atoms with van der Waals surface area (Å²) < 4.78 is 12.7. The number of nitrogen functional groups attached to an aromatic ring is 1. The predicted molar refractivity (Wildman–Crippen MR) is 73.6 cm³/mol. The third kappa shape index (κ3) is 1.73. The van der Waals surface area contributed by atoms with Gasteiger partial charge in [0.1, 0.15) is 12.1 Å². The fourth-order valence-corrected chi connectivity index (χ4v) is 2.36. The Labute approximate surface area is 114 Å². The Balaban J connectivity index is 1.69. The lowest BCUT2D eigenvalue weighted by atomic mass is 10.2. The molecule has 0 saturated carbocycles. The van der Waals surface area contributed by atoms with E-state index in [9.17, 15) is 0 Å². The molecule has 0 bridgehead atoms. The van der Waals surface area contributed by atoms with E-state index in [-0.39, 0.29) is 6.79 Å². The highest BCUT2D eigenvalue weighted by Gasteiger charge is 2.13. The van der Waals surface area contributed by atoms with Gasteiger partial charge in [-0.15, -0.1) is 0 Å². The van der Waals surface area contributed by atoms with Crippen molar-refractivity contribution in [3.05, 3.63) is 42.5 Å². The van der Waals surface area contributed by atoms with E-state index in [4.69, 9.17) is 15.2 Å². The molecule has 1 aliphatic rings. The highest BCUT2D eigenvalue weighted by molar-refractivity contribution is 5.87. The Morgan fingerprint density at radius 3 is 2.95 bits per heavy atom. The normalized spacial score (nSPS) is 13.0. The lowest BCUT2D eigenvalue weighted by Crippen LogP contribution is -1.96. The third-order valence-corrected chi connectivity index (χ3v) is 3.33. The molecule has 2 N–H and O–H groups in total. The van der Waals surface area contributed by atoms with Crippen LogP contribution in [0.25, 0.3) is 10.9 Å². The van der Waals surface area contributed by atoms with Crippen molar-refractivity contribution in [3.8, 4) is 11.5 Å². The zero-order valence-corrected chi connectivity index (χ0v) is 10.6. The maximum atomic E-state index is 5.84. The average Bonchev–Trinajstić information content (AvgIpc) is 3.05. The van der Waals surface area contributed by atoms with E-state index in [1.54, 1.807) is 0 Å². The summed E-state index contributed by atoms with van der Waals surface area (Å²) in [6, 6.07) is 5.93. The highest BCUT2D eigenvalue weighted by atomic mass is 16.7. The largest absolute Gasteiger partial charge is 0.454 e. The zero-order chi connectivity index (χ0) is 13.5. The molecular formula is C14H12N4O2. The van der Waals surface area contributed by atoms with E-state index in [1.807, 2.05) is 35.2 Å². The summed E-state index contributed by atoms with van der Waals surface area (Å²) in [4.78, 5) is 8.20. The van der Waals surface area contributed by atoms with Gasteiger partial charge < -0.3 is 19.8 Å². The Morgan fingerprint density at radius 2 is 2.05 bits per heavy atom. The van der Waals surface area contributed by atoms with E-state index >= 15 is 0 Å². The van der Waals surface area contributed by atoms with Crippen molar-refractivity contribution in [2.75, 3.05) is 12.5 Å². The fraction of sp³-hybridized carbons (Fsp3) is 0.143. The number of ether oxygens (including phenoxy) is 2. The first-order valence-corrected chi connectivity index (χ1v) is 6.24. The van der Waals surface area contributed by atoms with Crippen LogP contribution in [0.1, 0.15) is 5.56 Å². The van der Waals surface area contributed by atoms with Crippen molar-refractivity contribution in [3.63, 3.8) is 0 Å². The minimum atomic E-state index is 0.290. The first-order valence-electron chi connectivity index (χ1n) is 6.24. The van der Waals surface area contributed by atoms with Crippen molar-refractivity contribution in [2.24, 2.45) is 0 Å². The molecule has 100 valence electrons. The van der Waals surface area contributed by atoms with E-state index in [0.717, 1.165) is 28.0 Å². The Morgan fingerprint density at radius 1 is 1.15 bits per heavy atom. The van der Waals surface area contributed by atoms with Gasteiger partial charge in [-0.3, -0.25) is 0 Å². The van der Waals surface area contributed by atoms with E-state index < -0.39 is 0 Å². The van der Waals surface area contributed by atoms with Crippen LogP contribution in [0, 0.1) is 0 Å². The SMILES string of the molecule is Nc1ncnc2cn(Cc3ccc4c(c3)OCO4)cc12. The number of anilines is 1. The number of nitrogens with zero attached hydrogens (tertiary/aromatic N) is 3. The van der Waals surface area contributed by atoms with Crippen LogP contribution < -0.4 is 15.2 Å². The molecule has 0 saturated heterocycles. The van der Waals surface area contributed by atoms with Crippen LogP contribution in [0.15, 0.2) is 36.9 Å². The molecule has 3 aromatic rings. The Hall–Kier alpha value is -2.76. The lowest BCUT2D eigenvalue weighted by molar-refractivity contribution is 0.174. The van der Waals surface area contributed by atoms with Gasteiger partial charge >= 0.3 is 0 Å². The summed E-state index contributed by atoms with van der Waals surface area (Å²) in [5.74, 6) is 2.08. The summed E-state index contributed by atoms with van der Waals surface area (Å²) in [6.45, 7) is 1.00. The molecule has 0 spiro atoms. The zero-order valence-electron chi connectivity index (χ0n) is 10.6. The molecule has 6 heteroatoms. The Bertz CT molecular complexity index is 797. The summed E-state index contributed by atoms with van der Waals surface area (Å²) >= 11 is 0. The molecule has 0 radical (unpaired) electrons. The van der Waals surface area contributed by atoms with Gasteiger partial charge in [0, 0.05) is 18.9 Å². The Kier molecular flexibility index (Phi) is 2.29. The van der Waals surface area contributed by atoms with Gasteiger partial charge in [-0.2, -0.15) is 0 Å². The maximum Gasteiger partial charge on any atom is 0.231 e. The van der Waals surface area contributed by atoms with Crippen molar-refractivity contribution < 1.29 is 9.47 Å². The number of nitrogens with two attached hydrogens (primary N) is 1. The van der Waals surface area contributed by atoms with Crippen molar-refractivity contribution in [2.45, 2.75) is 6.54 Å². The van der Waals surface area contributed by atoms with Crippen molar-refractivity contribution in [1.82, 2.24) is 14.5 Å². The molecule has 0 unspecified atom stereocenters. The monoisotopic (exact) mass is 268 g/mol. The van der Waals surface area contributed by atoms with Gasteiger partial charge in [0.2, 0.25) is 6.79 Å². The molecule has 0 amide bonds. The second-order valence-corrected chi connectivity index (χ2v) is 4.68. The summed E-state index contributed by atoms with van der Waals surface area (Å²) in [6.07, 6.45) is 5.38. The van der Waals surface area contributed by atoms with Crippen LogP contribution in [-0.4, -0.2) is 21.3 Å². The number of aromatic nitrogens is 3. The molecular weight excluding hydrogens is 256 g/mol. The van der Waals surface area contributed by atoms with Gasteiger partial charge in [0.05, 0.1) is 10.9 Å². The van der Waals surface area contributed by atoms with Gasteiger partial charge in [-0.05, 0) is 17.7 Å². The average molecular weight is 268 g/mol. The third-order valence-electron chi connectivity index (χ3n) is 3.33. The van der Waals surface area contributed by atoms with Gasteiger partial charge in [-0.1, -0.05) is 6.07 Å². The number of fused-ring (bicyclic) bond motifs is 2. The van der Waals surface area contributed by atoms with E-state index in [1.165, 1.54) is 6.33 Å². The van der Waals surface area contributed by atoms with Gasteiger partial charge in [0.15, 0.2) is 11.5 Å². The second-order valence-electron chi connectivity index (χ2n) is 4.68. The van der Waals surface area contributed by atoms with E-state index in [0.29, 0.717) is 12.4 Å². The van der Waals surface area contributed by atoms with Crippen LogP contribution in [0.2, 0.25) is 0 Å². The van der Waals surface area contributed by atoms with Gasteiger partial charge in [0.25, 0.3) is 0 Å². The highest BCUT2D eigenvalue weighted by Crippen LogP contribution is 2.32.